The molecule has 1 aromatic rings. The Morgan fingerprint density at radius 3 is 2.58 bits per heavy atom. The molecule has 0 saturated heterocycles. The fourth-order valence-corrected chi connectivity index (χ4v) is 2.96. The molecule has 0 radical (unpaired) electrons. The predicted molar refractivity (Wildman–Crippen MR) is 108 cm³/mol. The highest BCUT2D eigenvalue weighted by molar-refractivity contribution is 14.0. The molecule has 5 nitrogen and oxygen atoms in total. The van der Waals surface area contributed by atoms with Gasteiger partial charge in [0, 0.05) is 25.2 Å². The monoisotopic (exact) mass is 445 g/mol. The van der Waals surface area contributed by atoms with E-state index in [0.717, 1.165) is 35.9 Å². The maximum Gasteiger partial charge on any atom is 0.191 e. The van der Waals surface area contributed by atoms with Crippen LogP contribution in [0.3, 0.4) is 0 Å². The number of aliphatic imine (C=N–C) groups is 1. The van der Waals surface area contributed by atoms with Crippen LogP contribution in [0.2, 0.25) is 0 Å². The molecule has 0 heterocycles. The molecule has 1 aromatic carbocycles. The fraction of sp³-hybridized carbons (Fsp3) is 0.611. The molecular weight excluding hydrogens is 417 g/mol. The topological polar surface area (TPSA) is 54.9 Å². The van der Waals surface area contributed by atoms with Crippen LogP contribution in [0.4, 0.5) is 0 Å². The molecule has 24 heavy (non-hydrogen) atoms. The molecule has 2 saturated carbocycles. The molecule has 0 aliphatic heterocycles. The van der Waals surface area contributed by atoms with Crippen LogP contribution in [0.25, 0.3) is 0 Å². The lowest BCUT2D eigenvalue weighted by Gasteiger charge is -2.20. The summed E-state index contributed by atoms with van der Waals surface area (Å²) in [5.41, 5.74) is 1.11. The third kappa shape index (κ3) is 5.16. The number of hydrogen-bond acceptors (Lipinski definition) is 3. The van der Waals surface area contributed by atoms with Crippen molar-refractivity contribution >= 4 is 29.9 Å². The molecule has 2 N–H and O–H groups in total. The van der Waals surface area contributed by atoms with E-state index in [-0.39, 0.29) is 24.0 Å². The van der Waals surface area contributed by atoms with Crippen molar-refractivity contribution in [2.24, 2.45) is 4.99 Å². The zero-order valence-corrected chi connectivity index (χ0v) is 16.8. The summed E-state index contributed by atoms with van der Waals surface area (Å²) in [5, 5.41) is 6.78. The second kappa shape index (κ2) is 9.34. The van der Waals surface area contributed by atoms with Crippen LogP contribution < -0.4 is 20.1 Å². The average Bonchev–Trinajstić information content (AvgIpc) is 3.25. The first-order valence-corrected chi connectivity index (χ1v) is 8.60. The third-order valence-corrected chi connectivity index (χ3v) is 4.46. The van der Waals surface area contributed by atoms with Gasteiger partial charge in [0.05, 0.1) is 13.2 Å². The highest BCUT2D eigenvalue weighted by Gasteiger charge is 2.23. The van der Waals surface area contributed by atoms with Gasteiger partial charge < -0.3 is 20.1 Å². The first-order chi connectivity index (χ1) is 11.3. The largest absolute Gasteiger partial charge is 0.493 e. The van der Waals surface area contributed by atoms with Gasteiger partial charge in [-0.15, -0.1) is 24.0 Å². The molecule has 0 aromatic heterocycles. The van der Waals surface area contributed by atoms with E-state index >= 15 is 0 Å². The van der Waals surface area contributed by atoms with E-state index in [4.69, 9.17) is 9.47 Å². The number of nitrogens with zero attached hydrogens (tertiary/aromatic N) is 1. The smallest absolute Gasteiger partial charge is 0.191 e. The van der Waals surface area contributed by atoms with Gasteiger partial charge in [-0.25, -0.2) is 0 Å². The maximum absolute atomic E-state index is 6.26. The van der Waals surface area contributed by atoms with E-state index < -0.39 is 0 Å². The van der Waals surface area contributed by atoms with Crippen molar-refractivity contribution in [3.63, 3.8) is 0 Å². The van der Waals surface area contributed by atoms with Crippen molar-refractivity contribution in [2.75, 3.05) is 14.2 Å². The number of ether oxygens (including phenoxy) is 2. The minimum absolute atomic E-state index is 0. The molecule has 2 fully saturated rings. The van der Waals surface area contributed by atoms with Gasteiger partial charge in [-0.05, 0) is 44.6 Å². The van der Waals surface area contributed by atoms with Gasteiger partial charge in [0.15, 0.2) is 17.5 Å². The summed E-state index contributed by atoms with van der Waals surface area (Å²) in [4.78, 5) is 4.28. The van der Waals surface area contributed by atoms with Gasteiger partial charge in [0.1, 0.15) is 0 Å². The Morgan fingerprint density at radius 1 is 1.21 bits per heavy atom. The summed E-state index contributed by atoms with van der Waals surface area (Å²) in [7, 11) is 3.50. The predicted octanol–water partition coefficient (Wildman–Crippen LogP) is 3.46. The first-order valence-electron chi connectivity index (χ1n) is 8.60. The third-order valence-electron chi connectivity index (χ3n) is 4.46. The minimum Gasteiger partial charge on any atom is -0.493 e. The fourth-order valence-electron chi connectivity index (χ4n) is 2.96. The van der Waals surface area contributed by atoms with E-state index in [1.807, 2.05) is 12.1 Å². The Kier molecular flexibility index (Phi) is 7.45. The van der Waals surface area contributed by atoms with Gasteiger partial charge in [0.25, 0.3) is 0 Å². The summed E-state index contributed by atoms with van der Waals surface area (Å²) >= 11 is 0. The molecule has 6 heteroatoms. The lowest BCUT2D eigenvalue weighted by atomic mass is 10.1. The molecule has 0 spiro atoms. The second-order valence-corrected chi connectivity index (χ2v) is 6.32. The average molecular weight is 445 g/mol. The van der Waals surface area contributed by atoms with E-state index in [0.29, 0.717) is 18.7 Å². The van der Waals surface area contributed by atoms with Gasteiger partial charge in [-0.3, -0.25) is 4.99 Å². The standard InChI is InChI=1S/C18H27N3O2.HI/c1-19-18(21-14-10-11-14)20-12-13-6-5-9-16(22-2)17(13)23-15-7-3-4-8-15;/h5-6,9,14-15H,3-4,7-8,10-12H2,1-2H3,(H2,19,20,21);1H. The number of para-hydroxylation sites is 1. The molecular formula is C18H28IN3O2. The van der Waals surface area contributed by atoms with Crippen LogP contribution in [0.15, 0.2) is 23.2 Å². The zero-order chi connectivity index (χ0) is 16.1. The maximum atomic E-state index is 6.26. The molecule has 0 unspecified atom stereocenters. The Bertz CT molecular complexity index is 555. The summed E-state index contributed by atoms with van der Waals surface area (Å²) < 4.78 is 11.8. The molecule has 2 aliphatic rings. The Morgan fingerprint density at radius 2 is 1.96 bits per heavy atom. The van der Waals surface area contributed by atoms with Crippen LogP contribution in [0.1, 0.15) is 44.1 Å². The molecule has 0 amide bonds. The Hall–Kier alpha value is -1.18. The van der Waals surface area contributed by atoms with Crippen molar-refractivity contribution in [1.29, 1.82) is 0 Å². The van der Waals surface area contributed by atoms with Gasteiger partial charge in [-0.1, -0.05) is 12.1 Å². The Labute approximate surface area is 161 Å². The van der Waals surface area contributed by atoms with E-state index in [2.05, 4.69) is 21.7 Å². The van der Waals surface area contributed by atoms with Crippen molar-refractivity contribution in [3.8, 4) is 11.5 Å². The van der Waals surface area contributed by atoms with Crippen molar-refractivity contribution < 1.29 is 9.47 Å². The number of methoxy groups -OCH3 is 1. The normalized spacial score (nSPS) is 18.0. The summed E-state index contributed by atoms with van der Waals surface area (Å²) in [6.45, 7) is 0.672. The molecule has 3 rings (SSSR count). The SMILES string of the molecule is CN=C(NCc1cccc(OC)c1OC1CCCC1)NC1CC1.I. The van der Waals surface area contributed by atoms with Crippen LogP contribution in [0.5, 0.6) is 11.5 Å². The minimum atomic E-state index is 0. The summed E-state index contributed by atoms with van der Waals surface area (Å²) in [6, 6.07) is 6.64. The number of guanidine groups is 1. The number of halogens is 1. The molecule has 0 bridgehead atoms. The van der Waals surface area contributed by atoms with Crippen LogP contribution in [-0.4, -0.2) is 32.3 Å². The van der Waals surface area contributed by atoms with E-state index in [1.165, 1.54) is 25.7 Å². The highest BCUT2D eigenvalue weighted by atomic mass is 127. The highest BCUT2D eigenvalue weighted by Crippen LogP contribution is 2.34. The van der Waals surface area contributed by atoms with Gasteiger partial charge >= 0.3 is 0 Å². The van der Waals surface area contributed by atoms with Crippen molar-refractivity contribution in [1.82, 2.24) is 10.6 Å². The van der Waals surface area contributed by atoms with Crippen LogP contribution in [0, 0.1) is 0 Å². The van der Waals surface area contributed by atoms with Crippen molar-refractivity contribution in [3.05, 3.63) is 23.8 Å². The lowest BCUT2D eigenvalue weighted by Crippen LogP contribution is -2.38. The van der Waals surface area contributed by atoms with Gasteiger partial charge in [-0.2, -0.15) is 0 Å². The molecule has 0 atom stereocenters. The summed E-state index contributed by atoms with van der Waals surface area (Å²) in [6.07, 6.45) is 7.56. The summed E-state index contributed by atoms with van der Waals surface area (Å²) in [5.74, 6) is 2.53. The van der Waals surface area contributed by atoms with Crippen LogP contribution in [-0.2, 0) is 6.54 Å². The van der Waals surface area contributed by atoms with E-state index in [9.17, 15) is 0 Å². The Balaban J connectivity index is 0.00000208. The first kappa shape index (κ1) is 19.1. The number of benzene rings is 1. The molecule has 134 valence electrons. The van der Waals surface area contributed by atoms with Crippen molar-refractivity contribution in [2.45, 2.75) is 57.2 Å². The number of hydrogen-bond donors (Lipinski definition) is 2. The lowest BCUT2D eigenvalue weighted by molar-refractivity contribution is 0.198. The quantitative estimate of drug-likeness (QED) is 0.400. The van der Waals surface area contributed by atoms with Gasteiger partial charge in [0.2, 0.25) is 0 Å². The number of nitrogens with one attached hydrogen (secondary N) is 2. The number of rotatable bonds is 6. The zero-order valence-electron chi connectivity index (χ0n) is 14.5. The second-order valence-electron chi connectivity index (χ2n) is 6.32. The van der Waals surface area contributed by atoms with Crippen LogP contribution >= 0.6 is 24.0 Å². The molecule has 2 aliphatic carbocycles. The van der Waals surface area contributed by atoms with E-state index in [1.54, 1.807) is 14.2 Å².